The van der Waals surface area contributed by atoms with Crippen molar-refractivity contribution >= 4 is 11.8 Å². The van der Waals surface area contributed by atoms with Gasteiger partial charge in [-0.2, -0.15) is 0 Å². The number of piperidine rings is 1. The number of amides is 2. The lowest BCUT2D eigenvalue weighted by Crippen LogP contribution is -2.40. The molecular weight excluding hydrogens is 359 g/mol. The molecule has 1 fully saturated rings. The van der Waals surface area contributed by atoms with E-state index >= 15 is 0 Å². The number of carbonyl (C=O) groups is 2. The summed E-state index contributed by atoms with van der Waals surface area (Å²) in [5.41, 5.74) is 2.36. The van der Waals surface area contributed by atoms with E-state index in [1.807, 2.05) is 6.20 Å². The molecule has 1 atom stereocenters. The van der Waals surface area contributed by atoms with Crippen molar-refractivity contribution in [1.82, 2.24) is 19.8 Å². The summed E-state index contributed by atoms with van der Waals surface area (Å²) in [6, 6.07) is 5.82. The maximum absolute atomic E-state index is 13.5. The van der Waals surface area contributed by atoms with Crippen LogP contribution in [-0.4, -0.2) is 51.2 Å². The standard InChI is InChI=1S/C21H23FN4O2/c1-14(27)25-9-7-19-17(13-25)11-23-20(24-19)16-5-3-8-26(12-16)21(28)15-4-2-6-18(22)10-15/h2,4,6,10-11,16H,3,5,7-9,12-13H2,1H3/t16-/m0/s1. The molecule has 146 valence electrons. The number of halogens is 1. The molecule has 0 spiro atoms. The summed E-state index contributed by atoms with van der Waals surface area (Å²) in [6.07, 6.45) is 4.33. The Morgan fingerprint density at radius 1 is 1.21 bits per heavy atom. The highest BCUT2D eigenvalue weighted by atomic mass is 19.1. The van der Waals surface area contributed by atoms with Crippen LogP contribution < -0.4 is 0 Å². The zero-order chi connectivity index (χ0) is 19.7. The van der Waals surface area contributed by atoms with E-state index in [-0.39, 0.29) is 17.7 Å². The van der Waals surface area contributed by atoms with E-state index < -0.39 is 5.82 Å². The average molecular weight is 382 g/mol. The summed E-state index contributed by atoms with van der Waals surface area (Å²) in [6.45, 7) is 4.00. The highest BCUT2D eigenvalue weighted by molar-refractivity contribution is 5.94. The van der Waals surface area contributed by atoms with Gasteiger partial charge in [-0.25, -0.2) is 14.4 Å². The Morgan fingerprint density at radius 3 is 2.86 bits per heavy atom. The predicted octanol–water partition coefficient (Wildman–Crippen LogP) is 2.54. The average Bonchev–Trinajstić information content (AvgIpc) is 2.72. The minimum Gasteiger partial charge on any atom is -0.338 e. The predicted molar refractivity (Wildman–Crippen MR) is 101 cm³/mol. The second kappa shape index (κ2) is 7.66. The van der Waals surface area contributed by atoms with E-state index in [0.29, 0.717) is 31.7 Å². The molecule has 3 heterocycles. The van der Waals surface area contributed by atoms with Crippen molar-refractivity contribution in [2.24, 2.45) is 0 Å². The number of benzene rings is 1. The van der Waals surface area contributed by atoms with Gasteiger partial charge in [-0.1, -0.05) is 6.07 Å². The van der Waals surface area contributed by atoms with Gasteiger partial charge in [0.25, 0.3) is 5.91 Å². The third-order valence-corrected chi connectivity index (χ3v) is 5.54. The number of likely N-dealkylation sites (tertiary alicyclic amines) is 1. The summed E-state index contributed by atoms with van der Waals surface area (Å²) >= 11 is 0. The Labute approximate surface area is 163 Å². The van der Waals surface area contributed by atoms with Gasteiger partial charge in [0.15, 0.2) is 0 Å². The van der Waals surface area contributed by atoms with E-state index in [4.69, 9.17) is 4.98 Å². The Balaban J connectivity index is 1.49. The number of carbonyl (C=O) groups excluding carboxylic acids is 2. The molecule has 0 N–H and O–H groups in total. The van der Waals surface area contributed by atoms with Crippen molar-refractivity contribution in [2.45, 2.75) is 38.6 Å². The Kier molecular flexibility index (Phi) is 5.07. The third kappa shape index (κ3) is 3.74. The normalized spacial score (nSPS) is 19.3. The van der Waals surface area contributed by atoms with E-state index in [0.717, 1.165) is 36.3 Å². The number of nitrogens with zero attached hydrogens (tertiary/aromatic N) is 4. The van der Waals surface area contributed by atoms with Crippen LogP contribution in [0.2, 0.25) is 0 Å². The Bertz CT molecular complexity index is 917. The van der Waals surface area contributed by atoms with Crippen LogP contribution in [-0.2, 0) is 17.8 Å². The Hall–Kier alpha value is -2.83. The first kappa shape index (κ1) is 18.5. The maximum atomic E-state index is 13.5. The molecule has 1 saturated heterocycles. The topological polar surface area (TPSA) is 66.4 Å². The highest BCUT2D eigenvalue weighted by Gasteiger charge is 2.28. The molecule has 1 aromatic carbocycles. The van der Waals surface area contributed by atoms with Gasteiger partial charge in [-0.3, -0.25) is 9.59 Å². The van der Waals surface area contributed by atoms with Crippen molar-refractivity contribution in [2.75, 3.05) is 19.6 Å². The van der Waals surface area contributed by atoms with Crippen LogP contribution in [0.5, 0.6) is 0 Å². The number of hydrogen-bond donors (Lipinski definition) is 0. The molecule has 0 aliphatic carbocycles. The molecule has 0 bridgehead atoms. The van der Waals surface area contributed by atoms with E-state index in [1.165, 1.54) is 12.1 Å². The SMILES string of the molecule is CC(=O)N1CCc2nc([C@H]3CCCN(C(=O)c4cccc(F)c4)C3)ncc2C1. The van der Waals surface area contributed by atoms with E-state index in [1.54, 1.807) is 28.9 Å². The first-order valence-corrected chi connectivity index (χ1v) is 9.66. The first-order chi connectivity index (χ1) is 13.5. The van der Waals surface area contributed by atoms with Gasteiger partial charge in [0.1, 0.15) is 11.6 Å². The number of aromatic nitrogens is 2. The smallest absolute Gasteiger partial charge is 0.253 e. The molecular formula is C21H23FN4O2. The minimum absolute atomic E-state index is 0.0634. The molecule has 2 amide bonds. The molecule has 4 rings (SSSR count). The van der Waals surface area contributed by atoms with Crippen molar-refractivity contribution < 1.29 is 14.0 Å². The monoisotopic (exact) mass is 382 g/mol. The molecule has 2 aliphatic heterocycles. The molecule has 1 aromatic heterocycles. The zero-order valence-electron chi connectivity index (χ0n) is 15.9. The second-order valence-electron chi connectivity index (χ2n) is 7.49. The van der Waals surface area contributed by atoms with Gasteiger partial charge < -0.3 is 9.80 Å². The van der Waals surface area contributed by atoms with Crippen molar-refractivity contribution in [1.29, 1.82) is 0 Å². The Morgan fingerprint density at radius 2 is 2.07 bits per heavy atom. The lowest BCUT2D eigenvalue weighted by Gasteiger charge is -2.33. The summed E-state index contributed by atoms with van der Waals surface area (Å²) in [5.74, 6) is 0.332. The van der Waals surface area contributed by atoms with Crippen LogP contribution in [0.25, 0.3) is 0 Å². The van der Waals surface area contributed by atoms with Gasteiger partial charge in [0.2, 0.25) is 5.91 Å². The molecule has 0 radical (unpaired) electrons. The largest absolute Gasteiger partial charge is 0.338 e. The lowest BCUT2D eigenvalue weighted by molar-refractivity contribution is -0.129. The molecule has 2 aliphatic rings. The van der Waals surface area contributed by atoms with Crippen molar-refractivity contribution in [3.05, 3.63) is 58.9 Å². The number of hydrogen-bond acceptors (Lipinski definition) is 4. The van der Waals surface area contributed by atoms with Gasteiger partial charge in [-0.15, -0.1) is 0 Å². The quantitative estimate of drug-likeness (QED) is 0.801. The van der Waals surface area contributed by atoms with Crippen LogP contribution >= 0.6 is 0 Å². The summed E-state index contributed by atoms with van der Waals surface area (Å²) in [4.78, 5) is 37.2. The second-order valence-corrected chi connectivity index (χ2v) is 7.49. The highest BCUT2D eigenvalue weighted by Crippen LogP contribution is 2.27. The van der Waals surface area contributed by atoms with Crippen molar-refractivity contribution in [3.63, 3.8) is 0 Å². The fraction of sp³-hybridized carbons (Fsp3) is 0.429. The van der Waals surface area contributed by atoms with E-state index in [9.17, 15) is 14.0 Å². The zero-order valence-corrected chi connectivity index (χ0v) is 15.9. The van der Waals surface area contributed by atoms with Crippen LogP contribution in [0.1, 0.15) is 53.1 Å². The minimum atomic E-state index is -0.406. The lowest BCUT2D eigenvalue weighted by atomic mass is 9.95. The summed E-state index contributed by atoms with van der Waals surface area (Å²) < 4.78 is 13.5. The summed E-state index contributed by atoms with van der Waals surface area (Å²) in [5, 5.41) is 0. The fourth-order valence-corrected chi connectivity index (χ4v) is 3.97. The molecule has 6 nitrogen and oxygen atoms in total. The van der Waals surface area contributed by atoms with Crippen molar-refractivity contribution in [3.8, 4) is 0 Å². The fourth-order valence-electron chi connectivity index (χ4n) is 3.97. The van der Waals surface area contributed by atoms with Crippen LogP contribution in [0.15, 0.2) is 30.5 Å². The van der Waals surface area contributed by atoms with Crippen LogP contribution in [0.3, 0.4) is 0 Å². The first-order valence-electron chi connectivity index (χ1n) is 9.66. The third-order valence-electron chi connectivity index (χ3n) is 5.54. The molecule has 28 heavy (non-hydrogen) atoms. The molecule has 0 unspecified atom stereocenters. The molecule has 0 saturated carbocycles. The molecule has 7 heteroatoms. The number of rotatable bonds is 2. The van der Waals surface area contributed by atoms with Gasteiger partial charge in [0, 0.05) is 62.8 Å². The van der Waals surface area contributed by atoms with Gasteiger partial charge >= 0.3 is 0 Å². The van der Waals surface area contributed by atoms with Crippen LogP contribution in [0.4, 0.5) is 4.39 Å². The number of fused-ring (bicyclic) bond motifs is 1. The van der Waals surface area contributed by atoms with Crippen LogP contribution in [0, 0.1) is 5.82 Å². The maximum Gasteiger partial charge on any atom is 0.253 e. The van der Waals surface area contributed by atoms with Gasteiger partial charge in [0.05, 0.1) is 5.69 Å². The molecule has 2 aromatic rings. The van der Waals surface area contributed by atoms with E-state index in [2.05, 4.69) is 4.98 Å². The van der Waals surface area contributed by atoms with Gasteiger partial charge in [-0.05, 0) is 31.0 Å². The summed E-state index contributed by atoms with van der Waals surface area (Å²) in [7, 11) is 0.